The van der Waals surface area contributed by atoms with Crippen molar-refractivity contribution in [1.29, 1.82) is 0 Å². The monoisotopic (exact) mass is 325 g/mol. The molecule has 24 heavy (non-hydrogen) atoms. The van der Waals surface area contributed by atoms with E-state index in [2.05, 4.69) is 5.32 Å². The molecule has 1 fully saturated rings. The van der Waals surface area contributed by atoms with E-state index in [4.69, 9.17) is 4.74 Å². The molecule has 7 heteroatoms. The summed E-state index contributed by atoms with van der Waals surface area (Å²) in [5.74, 6) is 0.556. The number of hydrogen-bond donors (Lipinski definition) is 1. The number of nitro groups is 1. The van der Waals surface area contributed by atoms with Crippen LogP contribution in [-0.2, 0) is 0 Å². The van der Waals surface area contributed by atoms with Gasteiger partial charge in [-0.25, -0.2) is 4.79 Å². The van der Waals surface area contributed by atoms with Crippen LogP contribution in [0.25, 0.3) is 0 Å². The van der Waals surface area contributed by atoms with E-state index >= 15 is 0 Å². The van der Waals surface area contributed by atoms with E-state index in [9.17, 15) is 14.9 Å². The number of ether oxygens (including phenoxy) is 1. The fourth-order valence-electron chi connectivity index (χ4n) is 3.44. The van der Waals surface area contributed by atoms with Crippen molar-refractivity contribution >= 4 is 17.4 Å². The number of rotatable bonds is 2. The molecule has 2 aliphatic rings. The van der Waals surface area contributed by atoms with Crippen LogP contribution in [-0.4, -0.2) is 16.7 Å². The minimum absolute atomic E-state index is 0.0132. The number of carbonyl (C=O) groups excluding carboxylic acids is 1. The number of nitrogens with one attached hydrogen (secondary N) is 1. The fourth-order valence-corrected chi connectivity index (χ4v) is 3.44. The normalized spacial score (nSPS) is 24.6. The number of carbonyl (C=O) groups is 1. The maximum absolute atomic E-state index is 12.6. The third-order valence-corrected chi connectivity index (χ3v) is 4.48. The molecule has 0 radical (unpaired) electrons. The largest absolute Gasteiger partial charge is 0.467 e. The highest BCUT2D eigenvalue weighted by atomic mass is 16.6. The number of amides is 2. The highest BCUT2D eigenvalue weighted by Gasteiger charge is 2.50. The summed E-state index contributed by atoms with van der Waals surface area (Å²) in [6.07, 6.45) is 0.502. The Hall–Kier alpha value is -3.09. The van der Waals surface area contributed by atoms with E-state index < -0.39 is 10.6 Å². The Morgan fingerprint density at radius 1 is 1.29 bits per heavy atom. The maximum Gasteiger partial charge on any atom is 0.325 e. The van der Waals surface area contributed by atoms with Gasteiger partial charge in [0, 0.05) is 29.8 Å². The summed E-state index contributed by atoms with van der Waals surface area (Å²) >= 11 is 0. The summed E-state index contributed by atoms with van der Waals surface area (Å²) in [7, 11) is 0. The molecule has 2 bridgehead atoms. The molecule has 0 unspecified atom stereocenters. The smallest absolute Gasteiger partial charge is 0.325 e. The minimum Gasteiger partial charge on any atom is -0.467 e. The zero-order chi connectivity index (χ0) is 16.9. The van der Waals surface area contributed by atoms with Gasteiger partial charge in [0.25, 0.3) is 5.69 Å². The molecule has 2 heterocycles. The first-order valence-electron chi connectivity index (χ1n) is 7.61. The second-order valence-corrected chi connectivity index (χ2v) is 6.13. The van der Waals surface area contributed by atoms with E-state index in [1.165, 1.54) is 12.1 Å². The van der Waals surface area contributed by atoms with Crippen LogP contribution in [0.15, 0.2) is 48.5 Å². The molecule has 7 nitrogen and oxygen atoms in total. The van der Waals surface area contributed by atoms with Gasteiger partial charge >= 0.3 is 6.03 Å². The Morgan fingerprint density at radius 2 is 2.04 bits per heavy atom. The van der Waals surface area contributed by atoms with Crippen molar-refractivity contribution in [2.24, 2.45) is 0 Å². The molecule has 0 saturated carbocycles. The lowest BCUT2D eigenvalue weighted by atomic mass is 9.90. The minimum atomic E-state index is -0.850. The first kappa shape index (κ1) is 14.5. The van der Waals surface area contributed by atoms with Crippen molar-refractivity contribution in [2.45, 2.75) is 25.1 Å². The Labute approximate surface area is 138 Å². The van der Waals surface area contributed by atoms with E-state index in [1.54, 1.807) is 11.0 Å². The second-order valence-electron chi connectivity index (χ2n) is 6.13. The maximum atomic E-state index is 12.6. The van der Waals surface area contributed by atoms with Crippen LogP contribution >= 0.6 is 0 Å². The van der Waals surface area contributed by atoms with E-state index in [-0.39, 0.29) is 17.8 Å². The molecule has 2 aliphatic heterocycles. The van der Waals surface area contributed by atoms with Gasteiger partial charge in [0.1, 0.15) is 5.75 Å². The van der Waals surface area contributed by atoms with Gasteiger partial charge in [0.15, 0.2) is 5.72 Å². The number of nitrogens with zero attached hydrogens (tertiary/aromatic N) is 2. The predicted molar refractivity (Wildman–Crippen MR) is 86.9 cm³/mol. The first-order chi connectivity index (χ1) is 11.5. The predicted octanol–water partition coefficient (Wildman–Crippen LogP) is 3.36. The molecular weight excluding hydrogens is 310 g/mol. The number of para-hydroxylation sites is 1. The van der Waals surface area contributed by atoms with Crippen LogP contribution in [0.1, 0.15) is 24.9 Å². The number of non-ortho nitro benzene ring substituents is 1. The first-order valence-corrected chi connectivity index (χ1v) is 7.61. The molecule has 0 aliphatic carbocycles. The quantitative estimate of drug-likeness (QED) is 0.677. The molecule has 2 aromatic rings. The molecule has 1 saturated heterocycles. The molecule has 0 aromatic heterocycles. The summed E-state index contributed by atoms with van der Waals surface area (Å²) in [6.45, 7) is 1.86. The van der Waals surface area contributed by atoms with Gasteiger partial charge in [0.05, 0.1) is 11.0 Å². The van der Waals surface area contributed by atoms with Gasteiger partial charge in [-0.05, 0) is 25.1 Å². The molecule has 1 N–H and O–H groups in total. The van der Waals surface area contributed by atoms with Crippen molar-refractivity contribution in [2.75, 3.05) is 4.90 Å². The van der Waals surface area contributed by atoms with Crippen LogP contribution in [0.5, 0.6) is 5.75 Å². The number of fused-ring (bicyclic) bond motifs is 4. The average Bonchev–Trinajstić information content (AvgIpc) is 2.54. The summed E-state index contributed by atoms with van der Waals surface area (Å²) in [4.78, 5) is 24.8. The summed E-state index contributed by atoms with van der Waals surface area (Å²) in [6, 6.07) is 13.2. The molecule has 2 aromatic carbocycles. The van der Waals surface area contributed by atoms with E-state index in [0.29, 0.717) is 17.7 Å². The number of urea groups is 1. The van der Waals surface area contributed by atoms with Crippen LogP contribution in [0, 0.1) is 10.1 Å². The van der Waals surface area contributed by atoms with E-state index in [0.717, 1.165) is 5.69 Å². The topological polar surface area (TPSA) is 84.7 Å². The molecule has 2 atom stereocenters. The van der Waals surface area contributed by atoms with Crippen LogP contribution in [0.3, 0.4) is 0 Å². The second kappa shape index (κ2) is 4.95. The molecule has 122 valence electrons. The SMILES string of the molecule is C[C@]12C[C@@H](NC(=O)N1c1ccccc1)c1cc([N+](=O)[O-])ccc1O2. The fraction of sp³-hybridized carbons (Fsp3) is 0.235. The van der Waals surface area contributed by atoms with Gasteiger partial charge in [-0.15, -0.1) is 0 Å². The number of anilines is 1. The van der Waals surface area contributed by atoms with Gasteiger partial charge in [-0.1, -0.05) is 18.2 Å². The Bertz CT molecular complexity index is 839. The third-order valence-electron chi connectivity index (χ3n) is 4.48. The van der Waals surface area contributed by atoms with Crippen LogP contribution in [0.2, 0.25) is 0 Å². The number of benzene rings is 2. The average molecular weight is 325 g/mol. The van der Waals surface area contributed by atoms with Crippen molar-refractivity contribution in [3.63, 3.8) is 0 Å². The summed E-state index contributed by atoms with van der Waals surface area (Å²) < 4.78 is 6.10. The Kier molecular flexibility index (Phi) is 2.99. The third kappa shape index (κ3) is 2.09. The summed E-state index contributed by atoms with van der Waals surface area (Å²) in [5.41, 5.74) is 0.516. The number of hydrogen-bond acceptors (Lipinski definition) is 4. The summed E-state index contributed by atoms with van der Waals surface area (Å²) in [5, 5.41) is 13.9. The molecule has 2 amide bonds. The van der Waals surface area contributed by atoms with Crippen molar-refractivity contribution in [3.05, 3.63) is 64.2 Å². The van der Waals surface area contributed by atoms with Gasteiger partial charge in [0.2, 0.25) is 0 Å². The Balaban J connectivity index is 1.79. The standard InChI is InChI=1S/C17H15N3O4/c1-17-10-14(13-9-12(20(22)23)7-8-15(13)24-17)18-16(21)19(17)11-5-3-2-4-6-11/h2-9,14H,10H2,1H3,(H,18,21)/t14-,17+/m1/s1. The Morgan fingerprint density at radius 3 is 2.75 bits per heavy atom. The number of nitro benzene ring substituents is 1. The van der Waals surface area contributed by atoms with Crippen molar-refractivity contribution in [3.8, 4) is 5.75 Å². The van der Waals surface area contributed by atoms with Gasteiger partial charge in [-0.2, -0.15) is 0 Å². The lowest BCUT2D eigenvalue weighted by molar-refractivity contribution is -0.385. The van der Waals surface area contributed by atoms with E-state index in [1.807, 2.05) is 37.3 Å². The highest BCUT2D eigenvalue weighted by molar-refractivity contribution is 5.94. The molecule has 4 rings (SSSR count). The lowest BCUT2D eigenvalue weighted by Crippen LogP contribution is -2.65. The molecular formula is C17H15N3O4. The highest BCUT2D eigenvalue weighted by Crippen LogP contribution is 2.46. The van der Waals surface area contributed by atoms with Gasteiger partial charge in [-0.3, -0.25) is 15.0 Å². The van der Waals surface area contributed by atoms with Crippen LogP contribution < -0.4 is 15.0 Å². The van der Waals surface area contributed by atoms with Gasteiger partial charge < -0.3 is 10.1 Å². The zero-order valence-corrected chi connectivity index (χ0v) is 12.9. The zero-order valence-electron chi connectivity index (χ0n) is 12.9. The van der Waals surface area contributed by atoms with Crippen molar-refractivity contribution < 1.29 is 14.5 Å². The van der Waals surface area contributed by atoms with Crippen LogP contribution in [0.4, 0.5) is 16.2 Å². The lowest BCUT2D eigenvalue weighted by Gasteiger charge is -2.50. The van der Waals surface area contributed by atoms with Crippen molar-refractivity contribution in [1.82, 2.24) is 5.32 Å². The molecule has 0 spiro atoms.